The molecule has 3 nitrogen and oxygen atoms in total. The Balaban J connectivity index is 2.90. The van der Waals surface area contributed by atoms with Gasteiger partial charge in [-0.3, -0.25) is 4.79 Å². The third-order valence-electron chi connectivity index (χ3n) is 4.17. The second-order valence-corrected chi connectivity index (χ2v) is 4.81. The zero-order chi connectivity index (χ0) is 12.5. The van der Waals surface area contributed by atoms with Crippen molar-refractivity contribution in [1.82, 2.24) is 5.32 Å². The van der Waals surface area contributed by atoms with Crippen LogP contribution >= 0.6 is 0 Å². The average molecular weight is 222 g/mol. The van der Waals surface area contributed by atoms with Crippen molar-refractivity contribution in [3.63, 3.8) is 0 Å². The Morgan fingerprint density at radius 3 is 2.00 bits per heavy atom. The van der Waals surface area contributed by atoms with Crippen LogP contribution in [0.5, 0.6) is 0 Å². The summed E-state index contributed by atoms with van der Waals surface area (Å²) in [6, 6.07) is 0. The van der Waals surface area contributed by atoms with Crippen LogP contribution < -0.4 is 11.1 Å². The number of amides is 1. The molecule has 0 saturated carbocycles. The average Bonchev–Trinajstić information content (AvgIpc) is 2.43. The molecule has 0 unspecified atom stereocenters. The first-order chi connectivity index (χ1) is 7.34. The molecule has 0 fully saturated rings. The number of allylic oxidation sites excluding steroid dienone is 2. The summed E-state index contributed by atoms with van der Waals surface area (Å²) in [4.78, 5) is 11.2. The smallest absolute Gasteiger partial charge is 0.233 e. The molecule has 0 bridgehead atoms. The van der Waals surface area contributed by atoms with E-state index in [0.717, 1.165) is 0 Å². The first-order valence-corrected chi connectivity index (χ1v) is 5.67. The van der Waals surface area contributed by atoms with Gasteiger partial charge in [0.25, 0.3) is 0 Å². The van der Waals surface area contributed by atoms with Gasteiger partial charge in [-0.2, -0.15) is 0 Å². The van der Waals surface area contributed by atoms with Crippen LogP contribution in [0.25, 0.3) is 0 Å². The highest BCUT2D eigenvalue weighted by atomic mass is 16.1. The van der Waals surface area contributed by atoms with Crippen molar-refractivity contribution in [2.45, 2.75) is 34.6 Å². The molecule has 1 amide bonds. The first-order valence-electron chi connectivity index (χ1n) is 5.67. The highest BCUT2D eigenvalue weighted by Crippen LogP contribution is 2.45. The Labute approximate surface area is 97.8 Å². The van der Waals surface area contributed by atoms with Gasteiger partial charge in [-0.05, 0) is 38.8 Å². The second kappa shape index (κ2) is 4.42. The van der Waals surface area contributed by atoms with Crippen molar-refractivity contribution in [1.29, 1.82) is 0 Å². The van der Waals surface area contributed by atoms with Crippen LogP contribution in [0.1, 0.15) is 34.6 Å². The zero-order valence-electron chi connectivity index (χ0n) is 10.9. The van der Waals surface area contributed by atoms with E-state index in [4.69, 9.17) is 5.73 Å². The molecule has 0 aromatic carbocycles. The zero-order valence-corrected chi connectivity index (χ0v) is 10.9. The van der Waals surface area contributed by atoms with Crippen LogP contribution in [0.15, 0.2) is 22.3 Å². The fourth-order valence-corrected chi connectivity index (χ4v) is 2.28. The summed E-state index contributed by atoms with van der Waals surface area (Å²) in [6.07, 6.45) is 0. The number of nitrogens with one attached hydrogen (secondary N) is 1. The molecular weight excluding hydrogens is 200 g/mol. The minimum absolute atomic E-state index is 0.0427. The fourth-order valence-electron chi connectivity index (χ4n) is 2.28. The Morgan fingerprint density at radius 2 is 1.62 bits per heavy atom. The minimum Gasteiger partial charge on any atom is -0.354 e. The molecule has 0 spiro atoms. The van der Waals surface area contributed by atoms with Gasteiger partial charge in [-0.25, -0.2) is 0 Å². The minimum atomic E-state index is -0.0935. The first kappa shape index (κ1) is 13.0. The molecule has 90 valence electrons. The number of hydrogen-bond donors (Lipinski definition) is 2. The van der Waals surface area contributed by atoms with E-state index >= 15 is 0 Å². The molecular formula is C13H22N2O. The van der Waals surface area contributed by atoms with Crippen LogP contribution in [0, 0.1) is 5.41 Å². The summed E-state index contributed by atoms with van der Waals surface area (Å²) < 4.78 is 0. The van der Waals surface area contributed by atoms with E-state index in [2.05, 4.69) is 39.9 Å². The molecule has 1 aliphatic carbocycles. The van der Waals surface area contributed by atoms with Gasteiger partial charge in [0.05, 0.1) is 6.54 Å². The number of hydrogen-bond acceptors (Lipinski definition) is 2. The fraction of sp³-hybridized carbons (Fsp3) is 0.615. The molecule has 0 aromatic heterocycles. The van der Waals surface area contributed by atoms with Crippen LogP contribution in [-0.2, 0) is 4.79 Å². The third-order valence-corrected chi connectivity index (χ3v) is 4.17. The Morgan fingerprint density at radius 1 is 1.19 bits per heavy atom. The maximum absolute atomic E-state index is 11.2. The van der Waals surface area contributed by atoms with E-state index in [9.17, 15) is 4.79 Å². The lowest BCUT2D eigenvalue weighted by molar-refractivity contribution is -0.120. The maximum atomic E-state index is 11.2. The molecule has 0 heterocycles. The van der Waals surface area contributed by atoms with Crippen molar-refractivity contribution in [3.05, 3.63) is 22.3 Å². The summed E-state index contributed by atoms with van der Waals surface area (Å²) in [7, 11) is 0. The molecule has 0 aromatic rings. The lowest BCUT2D eigenvalue weighted by atomic mass is 9.79. The summed E-state index contributed by atoms with van der Waals surface area (Å²) in [5, 5.41) is 2.88. The highest BCUT2D eigenvalue weighted by Gasteiger charge is 2.36. The van der Waals surface area contributed by atoms with Gasteiger partial charge < -0.3 is 11.1 Å². The topological polar surface area (TPSA) is 55.1 Å². The molecule has 16 heavy (non-hydrogen) atoms. The van der Waals surface area contributed by atoms with E-state index in [-0.39, 0.29) is 17.9 Å². The molecule has 3 N–H and O–H groups in total. The van der Waals surface area contributed by atoms with Crippen LogP contribution in [0.4, 0.5) is 0 Å². The lowest BCUT2D eigenvalue weighted by Crippen LogP contribution is -2.39. The number of carbonyl (C=O) groups excluding carboxylic acids is 1. The Kier molecular flexibility index (Phi) is 3.58. The Bertz CT molecular complexity index is 353. The molecule has 0 radical (unpaired) electrons. The van der Waals surface area contributed by atoms with Crippen molar-refractivity contribution in [2.75, 3.05) is 13.1 Å². The van der Waals surface area contributed by atoms with E-state index in [1.165, 1.54) is 22.3 Å². The van der Waals surface area contributed by atoms with E-state index in [0.29, 0.717) is 6.54 Å². The third kappa shape index (κ3) is 1.92. The Hall–Kier alpha value is -1.09. The van der Waals surface area contributed by atoms with Gasteiger partial charge in [0.15, 0.2) is 0 Å². The van der Waals surface area contributed by atoms with Crippen LogP contribution in [0.2, 0.25) is 0 Å². The van der Waals surface area contributed by atoms with Gasteiger partial charge in [0.1, 0.15) is 0 Å². The highest BCUT2D eigenvalue weighted by molar-refractivity contribution is 5.78. The van der Waals surface area contributed by atoms with Crippen molar-refractivity contribution in [3.8, 4) is 0 Å². The predicted octanol–water partition coefficient (Wildman–Crippen LogP) is 1.75. The van der Waals surface area contributed by atoms with E-state index in [1.54, 1.807) is 0 Å². The SMILES string of the molecule is CC1=C(C)C(C)(CNC(=O)CN)C(C)=C1C. The normalized spacial score (nSPS) is 19.4. The maximum Gasteiger partial charge on any atom is 0.233 e. The molecule has 0 saturated heterocycles. The second-order valence-electron chi connectivity index (χ2n) is 4.81. The molecule has 1 aliphatic rings. The monoisotopic (exact) mass is 222 g/mol. The van der Waals surface area contributed by atoms with Crippen LogP contribution in [0.3, 0.4) is 0 Å². The largest absolute Gasteiger partial charge is 0.354 e. The van der Waals surface area contributed by atoms with Crippen molar-refractivity contribution >= 4 is 5.91 Å². The molecule has 1 rings (SSSR count). The summed E-state index contributed by atoms with van der Waals surface area (Å²) in [5.74, 6) is -0.0935. The van der Waals surface area contributed by atoms with Crippen molar-refractivity contribution in [2.24, 2.45) is 11.1 Å². The van der Waals surface area contributed by atoms with E-state index in [1.807, 2.05) is 0 Å². The lowest BCUT2D eigenvalue weighted by Gasteiger charge is -2.29. The van der Waals surface area contributed by atoms with Gasteiger partial charge in [0.2, 0.25) is 5.91 Å². The molecule has 0 aliphatic heterocycles. The van der Waals surface area contributed by atoms with Gasteiger partial charge in [-0.15, -0.1) is 0 Å². The molecule has 3 heteroatoms. The van der Waals surface area contributed by atoms with Crippen molar-refractivity contribution < 1.29 is 4.79 Å². The predicted molar refractivity (Wildman–Crippen MR) is 66.9 cm³/mol. The van der Waals surface area contributed by atoms with Gasteiger partial charge in [0, 0.05) is 12.0 Å². The van der Waals surface area contributed by atoms with Gasteiger partial charge in [-0.1, -0.05) is 18.1 Å². The van der Waals surface area contributed by atoms with Crippen LogP contribution in [-0.4, -0.2) is 19.0 Å². The summed E-state index contributed by atoms with van der Waals surface area (Å²) >= 11 is 0. The summed E-state index contributed by atoms with van der Waals surface area (Å²) in [6.45, 7) is 11.4. The number of carbonyl (C=O) groups is 1. The van der Waals surface area contributed by atoms with Gasteiger partial charge >= 0.3 is 0 Å². The summed E-state index contributed by atoms with van der Waals surface area (Å²) in [5.41, 5.74) is 10.6. The number of rotatable bonds is 3. The van der Waals surface area contributed by atoms with E-state index < -0.39 is 0 Å². The standard InChI is InChI=1S/C13H22N2O/c1-8-9(2)11(4)13(5,10(8)3)7-15-12(16)6-14/h6-7,14H2,1-5H3,(H,15,16). The molecule has 0 atom stereocenters. The number of nitrogens with two attached hydrogens (primary N) is 1. The quantitative estimate of drug-likeness (QED) is 0.764.